The van der Waals surface area contributed by atoms with Gasteiger partial charge in [0, 0.05) is 71.5 Å². The van der Waals surface area contributed by atoms with Crippen LogP contribution < -0.4 is 0 Å². The van der Waals surface area contributed by atoms with Gasteiger partial charge in [0.1, 0.15) is 12.2 Å². The first kappa shape index (κ1) is 49.1. The largest absolute Gasteiger partial charge is 0.462 e. The summed E-state index contributed by atoms with van der Waals surface area (Å²) in [6.07, 6.45) is 29.0. The number of unbranched alkanes of at least 4 members (excludes halogenated alkanes) is 5. The van der Waals surface area contributed by atoms with Crippen molar-refractivity contribution in [2.45, 2.75) is 242 Å². The lowest BCUT2D eigenvalue weighted by Crippen LogP contribution is -2.68. The zero-order valence-corrected chi connectivity index (χ0v) is 42.0. The standard InChI is InChI=1S/C58H84N2O6/c1-55(2)39-49(53(47-37-35-41-25-21-23-31-45(41)47)57(5,6)59(55)65-43-27-15-13-16-28-43)63-51(61)33-19-11-9-10-12-20-34-52(62)64-50-40-56(3,4)60(66-44-29-17-14-18-30-44)58(7,8)54(50)48-38-36-42-26-22-24-32-46(42)48/h21-26,31-32,35-38,43-44,47-50,53-54H,9-20,27-30,33-34,39-40H2,1-8H3. The number of fused-ring (bicyclic) bond motifs is 2. The molecule has 2 aromatic carbocycles. The number of carbonyl (C=O) groups is 2. The lowest BCUT2D eigenvalue weighted by molar-refractivity contribution is -0.333. The maximum atomic E-state index is 13.7. The summed E-state index contributed by atoms with van der Waals surface area (Å²) in [5, 5.41) is 4.62. The van der Waals surface area contributed by atoms with Gasteiger partial charge in [0.05, 0.1) is 12.2 Å². The third-order valence-corrected chi connectivity index (χ3v) is 16.6. The Morgan fingerprint density at radius 2 is 0.879 bits per heavy atom. The Morgan fingerprint density at radius 1 is 0.515 bits per heavy atom. The van der Waals surface area contributed by atoms with E-state index in [9.17, 15) is 9.59 Å². The van der Waals surface area contributed by atoms with E-state index < -0.39 is 0 Å². The van der Waals surface area contributed by atoms with Crippen molar-refractivity contribution in [2.24, 2.45) is 11.8 Å². The van der Waals surface area contributed by atoms with E-state index in [4.69, 9.17) is 19.1 Å². The topological polar surface area (TPSA) is 77.5 Å². The van der Waals surface area contributed by atoms with Crippen molar-refractivity contribution in [2.75, 3.05) is 0 Å². The summed E-state index contributed by atoms with van der Waals surface area (Å²) >= 11 is 0. The van der Waals surface area contributed by atoms with Crippen molar-refractivity contribution >= 4 is 24.1 Å². The zero-order chi connectivity index (χ0) is 46.7. The molecule has 0 amide bonds. The molecule has 66 heavy (non-hydrogen) atoms. The molecule has 2 aromatic rings. The molecular formula is C58H84N2O6. The molecule has 8 heteroatoms. The van der Waals surface area contributed by atoms with Crippen LogP contribution in [0.4, 0.5) is 0 Å². The summed E-state index contributed by atoms with van der Waals surface area (Å²) in [6, 6.07) is 17.3. The Hall–Kier alpha value is -3.30. The maximum Gasteiger partial charge on any atom is 0.306 e. The summed E-state index contributed by atoms with van der Waals surface area (Å²) < 4.78 is 13.2. The predicted molar refractivity (Wildman–Crippen MR) is 265 cm³/mol. The number of rotatable bonds is 17. The van der Waals surface area contributed by atoms with E-state index >= 15 is 0 Å². The first-order valence-corrected chi connectivity index (χ1v) is 26.4. The van der Waals surface area contributed by atoms with E-state index in [2.05, 4.69) is 138 Å². The Labute approximate surface area is 398 Å². The quantitative estimate of drug-likeness (QED) is 0.115. The number of carbonyl (C=O) groups excluding carboxylic acids is 2. The summed E-state index contributed by atoms with van der Waals surface area (Å²) in [5.74, 6) is 0.171. The second kappa shape index (κ2) is 20.7. The van der Waals surface area contributed by atoms with Crippen LogP contribution in [-0.2, 0) is 28.7 Å². The van der Waals surface area contributed by atoms with Crippen LogP contribution in [-0.4, -0.2) is 68.6 Å². The third kappa shape index (κ3) is 10.8. The Bertz CT molecular complexity index is 1880. The SMILES string of the molecule is CC1(C)CC(OC(=O)CCCCCCCCC(=O)OC2CC(C)(C)N(OC3CCCCC3)C(C)(C)C2C2C=Cc3ccccc32)C(C2C=Cc3ccccc32)C(C)(C)N1OC1CCCCC1. The fraction of sp³-hybridized carbons (Fsp3) is 0.690. The number of piperidine rings is 2. The highest BCUT2D eigenvalue weighted by atomic mass is 16.7. The molecule has 2 heterocycles. The molecule has 0 aromatic heterocycles. The van der Waals surface area contributed by atoms with Gasteiger partial charge in [0.25, 0.3) is 0 Å². The van der Waals surface area contributed by atoms with Gasteiger partial charge in [-0.05, 0) is 116 Å². The number of hydrogen-bond donors (Lipinski definition) is 0. The van der Waals surface area contributed by atoms with Crippen molar-refractivity contribution in [1.29, 1.82) is 0 Å². The number of ether oxygens (including phenoxy) is 2. The number of esters is 2. The van der Waals surface area contributed by atoms with E-state index in [1.54, 1.807) is 0 Å². The van der Waals surface area contributed by atoms with Crippen molar-refractivity contribution in [3.63, 3.8) is 0 Å². The Kier molecular flexibility index (Phi) is 15.4. The second-order valence-corrected chi connectivity index (χ2v) is 23.4. The van der Waals surface area contributed by atoms with Crippen LogP contribution >= 0.6 is 0 Å². The molecule has 2 saturated heterocycles. The monoisotopic (exact) mass is 905 g/mol. The van der Waals surface area contributed by atoms with Gasteiger partial charge in [-0.25, -0.2) is 0 Å². The highest BCUT2D eigenvalue weighted by Crippen LogP contribution is 2.54. The van der Waals surface area contributed by atoms with Gasteiger partial charge in [-0.15, -0.1) is 0 Å². The van der Waals surface area contributed by atoms with E-state index in [-0.39, 0.29) is 82.2 Å². The van der Waals surface area contributed by atoms with Crippen LogP contribution in [0, 0.1) is 11.8 Å². The lowest BCUT2D eigenvalue weighted by Gasteiger charge is -2.59. The van der Waals surface area contributed by atoms with Gasteiger partial charge in [0.15, 0.2) is 0 Å². The number of hydroxylamine groups is 4. The van der Waals surface area contributed by atoms with Crippen molar-refractivity contribution in [3.05, 3.63) is 82.9 Å². The van der Waals surface area contributed by atoms with Crippen molar-refractivity contribution in [1.82, 2.24) is 10.1 Å². The van der Waals surface area contributed by atoms with Crippen LogP contribution in [0.2, 0.25) is 0 Å². The molecule has 6 aliphatic rings. The van der Waals surface area contributed by atoms with Gasteiger partial charge in [-0.1, -0.05) is 137 Å². The summed E-state index contributed by atoms with van der Waals surface area (Å²) in [5.41, 5.74) is 3.78. The molecule has 8 rings (SSSR count). The van der Waals surface area contributed by atoms with E-state index in [0.717, 1.165) is 77.0 Å². The van der Waals surface area contributed by atoms with Gasteiger partial charge in [0.2, 0.25) is 0 Å². The summed E-state index contributed by atoms with van der Waals surface area (Å²) in [4.78, 5) is 41.4. The molecule has 0 N–H and O–H groups in total. The van der Waals surface area contributed by atoms with Crippen LogP contribution in [0.15, 0.2) is 60.7 Å². The average Bonchev–Trinajstić information content (AvgIpc) is 3.89. The Balaban J connectivity index is 0.818. The van der Waals surface area contributed by atoms with Gasteiger partial charge < -0.3 is 9.47 Å². The fourth-order valence-corrected chi connectivity index (χ4v) is 13.8. The highest BCUT2D eigenvalue weighted by Gasteiger charge is 2.59. The minimum absolute atomic E-state index is 0.0397. The molecule has 2 saturated carbocycles. The molecule has 6 unspecified atom stereocenters. The summed E-state index contributed by atoms with van der Waals surface area (Å²) in [7, 11) is 0. The van der Waals surface area contributed by atoms with E-state index in [0.29, 0.717) is 12.8 Å². The molecule has 0 bridgehead atoms. The van der Waals surface area contributed by atoms with Gasteiger partial charge in [-0.3, -0.25) is 19.3 Å². The number of allylic oxidation sites excluding steroid dienone is 2. The lowest BCUT2D eigenvalue weighted by atomic mass is 9.65. The normalized spacial score (nSPS) is 29.3. The second-order valence-electron chi connectivity index (χ2n) is 23.4. The fourth-order valence-electron chi connectivity index (χ4n) is 13.8. The average molecular weight is 905 g/mol. The molecule has 0 radical (unpaired) electrons. The molecule has 2 aliphatic heterocycles. The van der Waals surface area contributed by atoms with Crippen LogP contribution in [0.25, 0.3) is 12.2 Å². The summed E-state index contributed by atoms with van der Waals surface area (Å²) in [6.45, 7) is 18.3. The van der Waals surface area contributed by atoms with Crippen molar-refractivity contribution < 1.29 is 28.7 Å². The molecule has 0 spiro atoms. The predicted octanol–water partition coefficient (Wildman–Crippen LogP) is 13.8. The molecular weight excluding hydrogens is 821 g/mol. The van der Waals surface area contributed by atoms with E-state index in [1.807, 2.05) is 0 Å². The number of hydrogen-bond acceptors (Lipinski definition) is 8. The zero-order valence-electron chi connectivity index (χ0n) is 42.0. The highest BCUT2D eigenvalue weighted by molar-refractivity contribution is 5.70. The Morgan fingerprint density at radius 3 is 1.27 bits per heavy atom. The smallest absolute Gasteiger partial charge is 0.306 e. The minimum atomic E-state index is -0.377. The first-order valence-electron chi connectivity index (χ1n) is 26.4. The van der Waals surface area contributed by atoms with Crippen LogP contribution in [0.3, 0.4) is 0 Å². The van der Waals surface area contributed by atoms with Crippen LogP contribution in [0.5, 0.6) is 0 Å². The molecule has 8 nitrogen and oxygen atoms in total. The maximum absolute atomic E-state index is 13.7. The van der Waals surface area contributed by atoms with Crippen LogP contribution in [0.1, 0.15) is 218 Å². The molecule has 4 fully saturated rings. The molecule has 6 atom stereocenters. The minimum Gasteiger partial charge on any atom is -0.462 e. The van der Waals surface area contributed by atoms with E-state index in [1.165, 1.54) is 60.8 Å². The molecule has 362 valence electrons. The molecule has 4 aliphatic carbocycles. The van der Waals surface area contributed by atoms with Gasteiger partial charge in [-0.2, -0.15) is 10.1 Å². The van der Waals surface area contributed by atoms with Gasteiger partial charge >= 0.3 is 11.9 Å². The van der Waals surface area contributed by atoms with Crippen molar-refractivity contribution in [3.8, 4) is 0 Å². The first-order chi connectivity index (χ1) is 31.6. The number of nitrogens with zero attached hydrogens (tertiary/aromatic N) is 2. The number of benzene rings is 2. The third-order valence-electron chi connectivity index (χ3n) is 16.6.